The summed E-state index contributed by atoms with van der Waals surface area (Å²) in [6.07, 6.45) is 6.15. The molecule has 3 N–H and O–H groups in total. The van der Waals surface area contributed by atoms with E-state index in [9.17, 15) is 9.59 Å². The summed E-state index contributed by atoms with van der Waals surface area (Å²) in [6.45, 7) is 4.20. The van der Waals surface area contributed by atoms with Crippen LogP contribution in [0.5, 0.6) is 0 Å². The van der Waals surface area contributed by atoms with Gasteiger partial charge in [-0.05, 0) is 19.3 Å². The van der Waals surface area contributed by atoms with E-state index in [2.05, 4.69) is 13.8 Å². The molecule has 0 aliphatic heterocycles. The molecule has 0 aromatic heterocycles. The Labute approximate surface area is 115 Å². The fourth-order valence-corrected chi connectivity index (χ4v) is 1.77. The van der Waals surface area contributed by atoms with Crippen LogP contribution in [0.25, 0.3) is 0 Å². The molecule has 5 heteroatoms. The van der Waals surface area contributed by atoms with Crippen molar-refractivity contribution in [3.63, 3.8) is 0 Å². The number of hydrogen-bond donors (Lipinski definition) is 2. The molecule has 0 aromatic rings. The van der Waals surface area contributed by atoms with Crippen molar-refractivity contribution in [2.45, 2.75) is 77.4 Å². The van der Waals surface area contributed by atoms with Gasteiger partial charge in [0.25, 0.3) is 0 Å². The molecule has 0 saturated heterocycles. The highest BCUT2D eigenvalue weighted by Crippen LogP contribution is 2.14. The number of carboxylic acids is 1. The number of esters is 1. The summed E-state index contributed by atoms with van der Waals surface area (Å²) >= 11 is 0. The molecule has 0 aliphatic rings. The lowest BCUT2D eigenvalue weighted by Gasteiger charge is -2.17. The molecule has 1 atom stereocenters. The van der Waals surface area contributed by atoms with Crippen LogP contribution in [-0.4, -0.2) is 29.2 Å². The summed E-state index contributed by atoms with van der Waals surface area (Å²) in [4.78, 5) is 22.2. The number of unbranched alkanes of at least 4 members (excludes halogenated alkanes) is 2. The Morgan fingerprint density at radius 3 is 2.05 bits per heavy atom. The van der Waals surface area contributed by atoms with E-state index >= 15 is 0 Å². The van der Waals surface area contributed by atoms with E-state index < -0.39 is 12.0 Å². The highest BCUT2D eigenvalue weighted by Gasteiger charge is 2.17. The van der Waals surface area contributed by atoms with Gasteiger partial charge in [-0.3, -0.25) is 9.59 Å². The number of hydrogen-bond acceptors (Lipinski definition) is 4. The summed E-state index contributed by atoms with van der Waals surface area (Å²) < 4.78 is 5.40. The molecule has 112 valence electrons. The maximum absolute atomic E-state index is 11.6. The van der Waals surface area contributed by atoms with Crippen molar-refractivity contribution in [1.82, 2.24) is 0 Å². The maximum atomic E-state index is 11.6. The molecule has 0 amide bonds. The number of ether oxygens (including phenoxy) is 1. The first-order valence-electron chi connectivity index (χ1n) is 7.19. The summed E-state index contributed by atoms with van der Waals surface area (Å²) in [6, 6.07) is -0.989. The highest BCUT2D eigenvalue weighted by atomic mass is 16.5. The van der Waals surface area contributed by atoms with Gasteiger partial charge in [0.15, 0.2) is 0 Å². The predicted octanol–water partition coefficient (Wildman–Crippen LogP) is 2.47. The monoisotopic (exact) mass is 273 g/mol. The molecular weight excluding hydrogens is 246 g/mol. The standard InChI is InChI=1S/C14H27NO4/c1-3-5-7-11(8-6-4-2)19-13(16)10-9-12(15)14(17)18/h11-12H,3-10,15H2,1-2H3,(H,17,18). The van der Waals surface area contributed by atoms with Gasteiger partial charge in [-0.15, -0.1) is 0 Å². The second kappa shape index (κ2) is 10.8. The number of carbonyl (C=O) groups excluding carboxylic acids is 1. The first-order chi connectivity index (χ1) is 9.01. The predicted molar refractivity (Wildman–Crippen MR) is 73.8 cm³/mol. The molecule has 0 saturated carbocycles. The molecule has 0 heterocycles. The minimum absolute atomic E-state index is 0.0338. The third kappa shape index (κ3) is 9.47. The van der Waals surface area contributed by atoms with Gasteiger partial charge < -0.3 is 15.6 Å². The van der Waals surface area contributed by atoms with E-state index in [1.54, 1.807) is 0 Å². The van der Waals surface area contributed by atoms with Crippen LogP contribution in [0.2, 0.25) is 0 Å². The van der Waals surface area contributed by atoms with E-state index in [1.807, 2.05) is 0 Å². The zero-order valence-electron chi connectivity index (χ0n) is 12.1. The van der Waals surface area contributed by atoms with Crippen molar-refractivity contribution in [1.29, 1.82) is 0 Å². The van der Waals surface area contributed by atoms with E-state index in [0.29, 0.717) is 0 Å². The van der Waals surface area contributed by atoms with Gasteiger partial charge in [-0.25, -0.2) is 0 Å². The lowest BCUT2D eigenvalue weighted by atomic mass is 10.1. The molecule has 0 radical (unpaired) electrons. The van der Waals surface area contributed by atoms with Crippen molar-refractivity contribution < 1.29 is 19.4 Å². The van der Waals surface area contributed by atoms with Crippen LogP contribution in [0.1, 0.15) is 65.2 Å². The highest BCUT2D eigenvalue weighted by molar-refractivity contribution is 5.75. The first-order valence-corrected chi connectivity index (χ1v) is 7.19. The summed E-state index contributed by atoms with van der Waals surface area (Å²) in [5.74, 6) is -1.42. The Balaban J connectivity index is 4.03. The third-order valence-electron chi connectivity index (χ3n) is 3.03. The van der Waals surface area contributed by atoms with E-state index in [0.717, 1.165) is 38.5 Å². The van der Waals surface area contributed by atoms with Crippen LogP contribution in [0.3, 0.4) is 0 Å². The Morgan fingerprint density at radius 1 is 1.11 bits per heavy atom. The number of carboxylic acid groups (broad SMARTS) is 1. The quantitative estimate of drug-likeness (QED) is 0.564. The minimum Gasteiger partial charge on any atom is -0.480 e. The minimum atomic E-state index is -1.08. The molecule has 19 heavy (non-hydrogen) atoms. The van der Waals surface area contributed by atoms with Crippen molar-refractivity contribution in [3.05, 3.63) is 0 Å². The molecule has 5 nitrogen and oxygen atoms in total. The lowest BCUT2D eigenvalue weighted by Crippen LogP contribution is -2.31. The van der Waals surface area contributed by atoms with Crippen molar-refractivity contribution >= 4 is 11.9 Å². The SMILES string of the molecule is CCCCC(CCCC)OC(=O)CCC(N)C(=O)O. The molecular formula is C14H27NO4. The molecule has 0 rings (SSSR count). The van der Waals surface area contributed by atoms with Crippen LogP contribution >= 0.6 is 0 Å². The van der Waals surface area contributed by atoms with Gasteiger partial charge in [0.2, 0.25) is 0 Å². The Hall–Kier alpha value is -1.10. The summed E-state index contributed by atoms with van der Waals surface area (Å²) in [5, 5.41) is 8.63. The van der Waals surface area contributed by atoms with Gasteiger partial charge >= 0.3 is 11.9 Å². The Kier molecular flexibility index (Phi) is 10.2. The van der Waals surface area contributed by atoms with Crippen LogP contribution in [0.4, 0.5) is 0 Å². The number of nitrogens with two attached hydrogens (primary N) is 1. The summed E-state index contributed by atoms with van der Waals surface area (Å²) in [5.41, 5.74) is 5.35. The van der Waals surface area contributed by atoms with Gasteiger partial charge in [0.1, 0.15) is 12.1 Å². The first kappa shape index (κ1) is 17.9. The van der Waals surface area contributed by atoms with Crippen molar-refractivity contribution in [3.8, 4) is 0 Å². The number of carbonyl (C=O) groups is 2. The summed E-state index contributed by atoms with van der Waals surface area (Å²) in [7, 11) is 0. The topological polar surface area (TPSA) is 89.6 Å². The fourth-order valence-electron chi connectivity index (χ4n) is 1.77. The van der Waals surface area contributed by atoms with Crippen molar-refractivity contribution in [2.75, 3.05) is 0 Å². The van der Waals surface area contributed by atoms with Gasteiger partial charge in [0.05, 0.1) is 0 Å². The Morgan fingerprint density at radius 2 is 1.63 bits per heavy atom. The van der Waals surface area contributed by atoms with E-state index in [1.165, 1.54) is 0 Å². The van der Waals surface area contributed by atoms with E-state index in [4.69, 9.17) is 15.6 Å². The second-order valence-corrected chi connectivity index (χ2v) is 4.88. The third-order valence-corrected chi connectivity index (χ3v) is 3.03. The molecule has 0 aliphatic carbocycles. The number of aliphatic carboxylic acids is 1. The molecule has 0 spiro atoms. The van der Waals surface area contributed by atoms with Crippen molar-refractivity contribution in [2.24, 2.45) is 5.73 Å². The smallest absolute Gasteiger partial charge is 0.320 e. The van der Waals surface area contributed by atoms with Gasteiger partial charge in [-0.2, -0.15) is 0 Å². The normalized spacial score (nSPS) is 12.4. The average molecular weight is 273 g/mol. The zero-order chi connectivity index (χ0) is 14.7. The van der Waals surface area contributed by atoms with Crippen LogP contribution in [0.15, 0.2) is 0 Å². The van der Waals surface area contributed by atoms with Gasteiger partial charge in [0, 0.05) is 6.42 Å². The fraction of sp³-hybridized carbons (Fsp3) is 0.857. The molecule has 0 aromatic carbocycles. The lowest BCUT2D eigenvalue weighted by molar-refractivity contribution is -0.150. The second-order valence-electron chi connectivity index (χ2n) is 4.88. The molecule has 0 bridgehead atoms. The van der Waals surface area contributed by atoms with Crippen LogP contribution in [-0.2, 0) is 14.3 Å². The van der Waals surface area contributed by atoms with E-state index in [-0.39, 0.29) is 24.9 Å². The Bertz CT molecular complexity index is 260. The van der Waals surface area contributed by atoms with Crippen LogP contribution < -0.4 is 5.73 Å². The molecule has 0 fully saturated rings. The largest absolute Gasteiger partial charge is 0.480 e. The maximum Gasteiger partial charge on any atom is 0.320 e. The van der Waals surface area contributed by atoms with Gasteiger partial charge in [-0.1, -0.05) is 39.5 Å². The molecule has 1 unspecified atom stereocenters. The number of rotatable bonds is 11. The zero-order valence-corrected chi connectivity index (χ0v) is 12.1. The average Bonchev–Trinajstić information content (AvgIpc) is 2.38. The van der Waals surface area contributed by atoms with Crippen LogP contribution in [0, 0.1) is 0 Å².